The molecule has 0 saturated heterocycles. The topological polar surface area (TPSA) is 51.8 Å². The van der Waals surface area contributed by atoms with Crippen LogP contribution < -0.4 is 5.73 Å². The zero-order valence-electron chi connectivity index (χ0n) is 8.87. The summed E-state index contributed by atoms with van der Waals surface area (Å²) in [4.78, 5) is 6.99. The molecular formula is C11H7F4N3. The van der Waals surface area contributed by atoms with Gasteiger partial charge in [0.1, 0.15) is 5.82 Å². The Labute approximate surface area is 99.3 Å². The molecule has 94 valence electrons. The first-order valence-electron chi connectivity index (χ1n) is 4.83. The highest BCUT2D eigenvalue weighted by Gasteiger charge is 2.35. The van der Waals surface area contributed by atoms with Crippen LogP contribution >= 0.6 is 0 Å². The number of rotatable bonds is 1. The Hall–Kier alpha value is -2.18. The summed E-state index contributed by atoms with van der Waals surface area (Å²) in [6.45, 7) is 0. The van der Waals surface area contributed by atoms with Crippen LogP contribution in [0, 0.1) is 5.82 Å². The fourth-order valence-electron chi connectivity index (χ4n) is 1.38. The van der Waals surface area contributed by atoms with Gasteiger partial charge in [-0.2, -0.15) is 13.2 Å². The van der Waals surface area contributed by atoms with Crippen molar-refractivity contribution in [1.29, 1.82) is 0 Å². The monoisotopic (exact) mass is 257 g/mol. The number of hydrogen-bond donors (Lipinski definition) is 1. The van der Waals surface area contributed by atoms with Gasteiger partial charge in [-0.25, -0.2) is 14.4 Å². The number of nitrogen functional groups attached to an aromatic ring is 1. The molecule has 0 atom stereocenters. The van der Waals surface area contributed by atoms with Crippen molar-refractivity contribution in [3.05, 3.63) is 42.0 Å². The van der Waals surface area contributed by atoms with Crippen LogP contribution in [0.5, 0.6) is 0 Å². The largest absolute Gasteiger partial charge is 0.435 e. The number of benzene rings is 1. The van der Waals surface area contributed by atoms with E-state index in [1.807, 2.05) is 0 Å². The lowest BCUT2D eigenvalue weighted by Crippen LogP contribution is -2.13. The molecule has 0 aliphatic carbocycles. The Bertz CT molecular complexity index is 581. The van der Waals surface area contributed by atoms with Crippen molar-refractivity contribution in [3.8, 4) is 11.4 Å². The van der Waals surface area contributed by atoms with Gasteiger partial charge in [0, 0.05) is 5.56 Å². The summed E-state index contributed by atoms with van der Waals surface area (Å²) < 4.78 is 50.7. The Morgan fingerprint density at radius 2 is 1.89 bits per heavy atom. The van der Waals surface area contributed by atoms with E-state index in [1.54, 1.807) is 0 Å². The van der Waals surface area contributed by atoms with Crippen LogP contribution in [0.25, 0.3) is 11.4 Å². The number of nitrogens with zero attached hydrogens (tertiary/aromatic N) is 2. The van der Waals surface area contributed by atoms with E-state index in [0.29, 0.717) is 0 Å². The lowest BCUT2D eigenvalue weighted by Gasteiger charge is -2.09. The van der Waals surface area contributed by atoms with Gasteiger partial charge in [-0.3, -0.25) is 0 Å². The normalized spacial score (nSPS) is 11.6. The Kier molecular flexibility index (Phi) is 2.90. The van der Waals surface area contributed by atoms with E-state index < -0.39 is 23.4 Å². The smallest absolute Gasteiger partial charge is 0.396 e. The molecule has 2 rings (SSSR count). The van der Waals surface area contributed by atoms with Crippen molar-refractivity contribution in [1.82, 2.24) is 9.97 Å². The first-order chi connectivity index (χ1) is 8.38. The van der Waals surface area contributed by atoms with Gasteiger partial charge < -0.3 is 5.73 Å². The highest BCUT2D eigenvalue weighted by Crippen LogP contribution is 2.32. The summed E-state index contributed by atoms with van der Waals surface area (Å²) in [6.07, 6.45) is -3.81. The average molecular weight is 257 g/mol. The van der Waals surface area contributed by atoms with Gasteiger partial charge >= 0.3 is 6.18 Å². The Balaban J connectivity index is 2.54. The fraction of sp³-hybridized carbons (Fsp3) is 0.0909. The van der Waals surface area contributed by atoms with Crippen LogP contribution in [-0.4, -0.2) is 9.97 Å². The highest BCUT2D eigenvalue weighted by molar-refractivity contribution is 5.57. The Morgan fingerprint density at radius 3 is 2.50 bits per heavy atom. The second-order valence-corrected chi connectivity index (χ2v) is 3.51. The van der Waals surface area contributed by atoms with E-state index in [1.165, 1.54) is 18.2 Å². The van der Waals surface area contributed by atoms with Crippen molar-refractivity contribution >= 4 is 5.69 Å². The highest BCUT2D eigenvalue weighted by atomic mass is 19.4. The second kappa shape index (κ2) is 4.25. The van der Waals surface area contributed by atoms with E-state index in [4.69, 9.17) is 5.73 Å². The van der Waals surface area contributed by atoms with E-state index in [9.17, 15) is 17.6 Å². The molecule has 1 heterocycles. The minimum Gasteiger partial charge on any atom is -0.396 e. The van der Waals surface area contributed by atoms with Gasteiger partial charge in [0.15, 0.2) is 11.5 Å². The van der Waals surface area contributed by atoms with E-state index in [-0.39, 0.29) is 11.4 Å². The minimum atomic E-state index is -4.67. The maximum absolute atomic E-state index is 13.0. The maximum Gasteiger partial charge on any atom is 0.435 e. The third-order valence-corrected chi connectivity index (χ3v) is 2.17. The van der Waals surface area contributed by atoms with Crippen molar-refractivity contribution in [3.63, 3.8) is 0 Å². The molecule has 0 radical (unpaired) electrons. The number of aromatic nitrogens is 2. The van der Waals surface area contributed by atoms with Crippen LogP contribution in [0.1, 0.15) is 5.69 Å². The van der Waals surface area contributed by atoms with Crippen molar-refractivity contribution in [2.75, 3.05) is 5.73 Å². The number of anilines is 1. The number of nitrogens with two attached hydrogens (primary N) is 1. The second-order valence-electron chi connectivity index (χ2n) is 3.51. The molecule has 3 nitrogen and oxygen atoms in total. The lowest BCUT2D eigenvalue weighted by molar-refractivity contribution is -0.140. The molecule has 0 saturated carbocycles. The third kappa shape index (κ3) is 2.39. The zero-order valence-corrected chi connectivity index (χ0v) is 8.87. The molecule has 0 fully saturated rings. The molecule has 7 heteroatoms. The van der Waals surface area contributed by atoms with Crippen LogP contribution in [0.3, 0.4) is 0 Å². The van der Waals surface area contributed by atoms with Gasteiger partial charge in [0.05, 0.1) is 11.9 Å². The van der Waals surface area contributed by atoms with Crippen molar-refractivity contribution in [2.24, 2.45) is 0 Å². The summed E-state index contributed by atoms with van der Waals surface area (Å²) in [6, 6.07) is 4.99. The molecule has 0 amide bonds. The van der Waals surface area contributed by atoms with Crippen LogP contribution in [0.2, 0.25) is 0 Å². The SMILES string of the molecule is Nc1cnc(-c2cccc(F)c2)nc1C(F)(F)F. The fourth-order valence-corrected chi connectivity index (χ4v) is 1.38. The van der Waals surface area contributed by atoms with E-state index in [2.05, 4.69) is 9.97 Å². The third-order valence-electron chi connectivity index (χ3n) is 2.17. The summed E-state index contributed by atoms with van der Waals surface area (Å²) in [5.74, 6) is -0.808. The summed E-state index contributed by atoms with van der Waals surface area (Å²) >= 11 is 0. The first-order valence-corrected chi connectivity index (χ1v) is 4.83. The summed E-state index contributed by atoms with van der Waals surface area (Å²) in [7, 11) is 0. The van der Waals surface area contributed by atoms with Crippen LogP contribution in [0.4, 0.5) is 23.2 Å². The van der Waals surface area contributed by atoms with E-state index >= 15 is 0 Å². The summed E-state index contributed by atoms with van der Waals surface area (Å²) in [5.41, 5.74) is 3.53. The van der Waals surface area contributed by atoms with Gasteiger partial charge in [-0.15, -0.1) is 0 Å². The minimum absolute atomic E-state index is 0.153. The quantitative estimate of drug-likeness (QED) is 0.799. The molecule has 0 unspecified atom stereocenters. The standard InChI is InChI=1S/C11H7F4N3/c12-7-3-1-2-6(4-7)10-17-5-8(16)9(18-10)11(13,14)15/h1-5H,16H2. The van der Waals surface area contributed by atoms with Crippen LogP contribution in [-0.2, 0) is 6.18 Å². The average Bonchev–Trinajstić information content (AvgIpc) is 2.28. The summed E-state index contributed by atoms with van der Waals surface area (Å²) in [5, 5.41) is 0. The molecular weight excluding hydrogens is 250 g/mol. The van der Waals surface area contributed by atoms with Crippen molar-refractivity contribution < 1.29 is 17.6 Å². The van der Waals surface area contributed by atoms with Gasteiger partial charge in [0.25, 0.3) is 0 Å². The maximum atomic E-state index is 13.0. The number of hydrogen-bond acceptors (Lipinski definition) is 3. The first kappa shape index (κ1) is 12.3. The number of alkyl halides is 3. The van der Waals surface area contributed by atoms with Gasteiger partial charge in [-0.1, -0.05) is 12.1 Å². The molecule has 18 heavy (non-hydrogen) atoms. The molecule has 1 aromatic carbocycles. The molecule has 0 spiro atoms. The Morgan fingerprint density at radius 1 is 1.17 bits per heavy atom. The van der Waals surface area contributed by atoms with Crippen LogP contribution in [0.15, 0.2) is 30.5 Å². The molecule has 0 aliphatic heterocycles. The molecule has 0 bridgehead atoms. The van der Waals surface area contributed by atoms with Crippen molar-refractivity contribution in [2.45, 2.75) is 6.18 Å². The predicted octanol–water partition coefficient (Wildman–Crippen LogP) is 2.88. The van der Waals surface area contributed by atoms with Gasteiger partial charge in [0.2, 0.25) is 0 Å². The lowest BCUT2D eigenvalue weighted by atomic mass is 10.2. The number of halogens is 4. The molecule has 0 aliphatic rings. The van der Waals surface area contributed by atoms with Gasteiger partial charge in [-0.05, 0) is 12.1 Å². The van der Waals surface area contributed by atoms with E-state index in [0.717, 1.165) is 12.3 Å². The molecule has 2 aromatic rings. The zero-order chi connectivity index (χ0) is 13.3. The molecule has 2 N–H and O–H groups in total. The predicted molar refractivity (Wildman–Crippen MR) is 56.8 cm³/mol. The molecule has 1 aromatic heterocycles.